The van der Waals surface area contributed by atoms with Crippen LogP contribution < -0.4 is 0 Å². The van der Waals surface area contributed by atoms with Gasteiger partial charge in [0, 0.05) is 23.5 Å². The molecule has 0 aliphatic carbocycles. The summed E-state index contributed by atoms with van der Waals surface area (Å²) in [4.78, 5) is 2.08. The first-order chi connectivity index (χ1) is 5.20. The number of piperidine rings is 1. The monoisotopic (exact) mass is 173 g/mol. The van der Waals surface area contributed by atoms with Crippen molar-refractivity contribution in [2.75, 3.05) is 19.3 Å². The van der Waals surface area contributed by atoms with E-state index >= 15 is 0 Å². The van der Waals surface area contributed by atoms with Crippen LogP contribution in [0.25, 0.3) is 0 Å². The van der Waals surface area contributed by atoms with Gasteiger partial charge in [0.2, 0.25) is 0 Å². The molecule has 0 spiro atoms. The summed E-state index contributed by atoms with van der Waals surface area (Å²) in [6.07, 6.45) is -0.184. The molecule has 2 bridgehead atoms. The minimum atomic E-state index is -0.184. The SMILES string of the molecule is CC1C2CN(C)C(O)C1CS2. The molecule has 64 valence electrons. The number of likely N-dealkylation sites (tertiary alicyclic amines) is 1. The van der Waals surface area contributed by atoms with Gasteiger partial charge in [0.05, 0.1) is 0 Å². The molecule has 2 saturated heterocycles. The molecule has 1 N–H and O–H groups in total. The van der Waals surface area contributed by atoms with E-state index in [9.17, 15) is 5.11 Å². The number of aliphatic hydroxyl groups is 1. The Morgan fingerprint density at radius 2 is 2.27 bits per heavy atom. The number of rotatable bonds is 0. The van der Waals surface area contributed by atoms with Crippen LogP contribution in [0.15, 0.2) is 0 Å². The second-order valence-electron chi connectivity index (χ2n) is 3.75. The van der Waals surface area contributed by atoms with Crippen molar-refractivity contribution in [1.82, 2.24) is 4.90 Å². The lowest BCUT2D eigenvalue weighted by Crippen LogP contribution is -2.48. The van der Waals surface area contributed by atoms with E-state index in [-0.39, 0.29) is 6.23 Å². The van der Waals surface area contributed by atoms with Crippen LogP contribution in [0, 0.1) is 11.8 Å². The minimum absolute atomic E-state index is 0.184. The van der Waals surface area contributed by atoms with E-state index in [4.69, 9.17) is 0 Å². The zero-order chi connectivity index (χ0) is 8.01. The molecule has 0 aromatic heterocycles. The number of fused-ring (bicyclic) bond motifs is 2. The normalized spacial score (nSPS) is 51.5. The van der Waals surface area contributed by atoms with Crippen molar-refractivity contribution >= 4 is 11.8 Å². The van der Waals surface area contributed by atoms with Crippen LogP contribution in [0.4, 0.5) is 0 Å². The van der Waals surface area contributed by atoms with Gasteiger partial charge >= 0.3 is 0 Å². The highest BCUT2D eigenvalue weighted by Gasteiger charge is 2.44. The third kappa shape index (κ3) is 1.10. The Balaban J connectivity index is 2.16. The third-order valence-electron chi connectivity index (χ3n) is 3.07. The average molecular weight is 173 g/mol. The average Bonchev–Trinajstić information content (AvgIpc) is 2.23. The molecule has 2 heterocycles. The maximum absolute atomic E-state index is 9.75. The highest BCUT2D eigenvalue weighted by atomic mass is 32.2. The van der Waals surface area contributed by atoms with Crippen LogP contribution in [0.5, 0.6) is 0 Å². The number of thioether (sulfide) groups is 1. The van der Waals surface area contributed by atoms with Crippen molar-refractivity contribution < 1.29 is 5.11 Å². The molecule has 4 unspecified atom stereocenters. The topological polar surface area (TPSA) is 23.5 Å². The van der Waals surface area contributed by atoms with Crippen molar-refractivity contribution in [3.05, 3.63) is 0 Å². The van der Waals surface area contributed by atoms with E-state index in [1.165, 1.54) is 0 Å². The Morgan fingerprint density at radius 3 is 3.00 bits per heavy atom. The van der Waals surface area contributed by atoms with Gasteiger partial charge < -0.3 is 5.11 Å². The van der Waals surface area contributed by atoms with Gasteiger partial charge in [-0.1, -0.05) is 6.92 Å². The molecule has 0 aromatic rings. The van der Waals surface area contributed by atoms with Crippen molar-refractivity contribution in [3.8, 4) is 0 Å². The van der Waals surface area contributed by atoms with Gasteiger partial charge in [0.15, 0.2) is 0 Å². The zero-order valence-electron chi connectivity index (χ0n) is 7.03. The predicted molar refractivity (Wildman–Crippen MR) is 47.5 cm³/mol. The van der Waals surface area contributed by atoms with Crippen molar-refractivity contribution in [1.29, 1.82) is 0 Å². The molecular weight excluding hydrogens is 158 g/mol. The fourth-order valence-electron chi connectivity index (χ4n) is 2.11. The summed E-state index contributed by atoms with van der Waals surface area (Å²) in [5.41, 5.74) is 0. The molecule has 2 aliphatic heterocycles. The summed E-state index contributed by atoms with van der Waals surface area (Å²) in [6.45, 7) is 3.33. The van der Waals surface area contributed by atoms with E-state index in [1.807, 2.05) is 18.8 Å². The van der Waals surface area contributed by atoms with E-state index in [0.717, 1.165) is 17.5 Å². The summed E-state index contributed by atoms with van der Waals surface area (Å²) in [7, 11) is 2.02. The van der Waals surface area contributed by atoms with Gasteiger partial charge in [-0.25, -0.2) is 0 Å². The molecule has 0 saturated carbocycles. The highest BCUT2D eigenvalue weighted by molar-refractivity contribution is 8.00. The fourth-order valence-corrected chi connectivity index (χ4v) is 3.90. The Hall–Kier alpha value is 0.270. The van der Waals surface area contributed by atoms with Crippen molar-refractivity contribution in [2.45, 2.75) is 18.4 Å². The Morgan fingerprint density at radius 1 is 1.55 bits per heavy atom. The summed E-state index contributed by atoms with van der Waals surface area (Å²) in [6, 6.07) is 0. The molecule has 2 rings (SSSR count). The summed E-state index contributed by atoms with van der Waals surface area (Å²) >= 11 is 2.03. The second-order valence-corrected chi connectivity index (χ2v) is 5.02. The Bertz CT molecular complexity index is 164. The van der Waals surface area contributed by atoms with Gasteiger partial charge in [0.1, 0.15) is 6.23 Å². The van der Waals surface area contributed by atoms with Gasteiger partial charge in [-0.15, -0.1) is 0 Å². The molecule has 4 atom stereocenters. The van der Waals surface area contributed by atoms with Gasteiger partial charge in [-0.2, -0.15) is 11.8 Å². The van der Waals surface area contributed by atoms with Crippen LogP contribution in [0.1, 0.15) is 6.92 Å². The lowest BCUT2D eigenvalue weighted by atomic mass is 9.87. The molecule has 0 aromatic carbocycles. The molecule has 2 aliphatic rings. The van der Waals surface area contributed by atoms with Crippen LogP contribution in [-0.4, -0.2) is 40.8 Å². The predicted octanol–water partition coefficient (Wildman–Crippen LogP) is 0.618. The summed E-state index contributed by atoms with van der Waals surface area (Å²) < 4.78 is 0. The van der Waals surface area contributed by atoms with Gasteiger partial charge in [-0.05, 0) is 13.0 Å². The number of aliphatic hydroxyl groups excluding tert-OH is 1. The number of hydrogen-bond acceptors (Lipinski definition) is 3. The molecule has 0 radical (unpaired) electrons. The first kappa shape index (κ1) is 7.90. The molecule has 0 amide bonds. The van der Waals surface area contributed by atoms with Crippen LogP contribution in [0.2, 0.25) is 0 Å². The molecule has 11 heavy (non-hydrogen) atoms. The van der Waals surface area contributed by atoms with Crippen molar-refractivity contribution in [3.63, 3.8) is 0 Å². The maximum atomic E-state index is 9.75. The smallest absolute Gasteiger partial charge is 0.111 e. The fraction of sp³-hybridized carbons (Fsp3) is 1.00. The largest absolute Gasteiger partial charge is 0.378 e. The molecular formula is C8H15NOS. The maximum Gasteiger partial charge on any atom is 0.111 e. The minimum Gasteiger partial charge on any atom is -0.378 e. The van der Waals surface area contributed by atoms with Gasteiger partial charge in [-0.3, -0.25) is 4.90 Å². The van der Waals surface area contributed by atoms with E-state index in [0.29, 0.717) is 11.8 Å². The first-order valence-electron chi connectivity index (χ1n) is 4.20. The Labute approximate surface area is 72.0 Å². The quantitative estimate of drug-likeness (QED) is 0.581. The molecule has 3 heteroatoms. The van der Waals surface area contributed by atoms with Crippen LogP contribution in [-0.2, 0) is 0 Å². The second kappa shape index (κ2) is 2.64. The van der Waals surface area contributed by atoms with Crippen LogP contribution >= 0.6 is 11.8 Å². The number of hydrogen-bond donors (Lipinski definition) is 1. The highest BCUT2D eigenvalue weighted by Crippen LogP contribution is 2.43. The lowest BCUT2D eigenvalue weighted by Gasteiger charge is -2.37. The standard InChI is InChI=1S/C8H15NOS/c1-5-6-4-11-7(5)3-9(2)8(6)10/h5-8,10H,3-4H2,1-2H3. The first-order valence-corrected chi connectivity index (χ1v) is 5.25. The van der Waals surface area contributed by atoms with Crippen molar-refractivity contribution in [2.24, 2.45) is 11.8 Å². The summed E-state index contributed by atoms with van der Waals surface area (Å²) in [5.74, 6) is 2.38. The third-order valence-corrected chi connectivity index (χ3v) is 4.65. The zero-order valence-corrected chi connectivity index (χ0v) is 7.84. The molecule has 2 nitrogen and oxygen atoms in total. The number of nitrogens with zero attached hydrogens (tertiary/aromatic N) is 1. The van der Waals surface area contributed by atoms with E-state index in [2.05, 4.69) is 11.8 Å². The molecule has 2 fully saturated rings. The Kier molecular flexibility index (Phi) is 1.90. The van der Waals surface area contributed by atoms with Crippen LogP contribution in [0.3, 0.4) is 0 Å². The van der Waals surface area contributed by atoms with E-state index in [1.54, 1.807) is 0 Å². The lowest BCUT2D eigenvalue weighted by molar-refractivity contribution is -0.0554. The summed E-state index contributed by atoms with van der Waals surface area (Å²) in [5, 5.41) is 10.5. The van der Waals surface area contributed by atoms with E-state index < -0.39 is 0 Å². The van der Waals surface area contributed by atoms with Gasteiger partial charge in [0.25, 0.3) is 0 Å².